The predicted molar refractivity (Wildman–Crippen MR) is 109 cm³/mol. The van der Waals surface area contributed by atoms with Gasteiger partial charge in [0, 0.05) is 17.4 Å². The molecule has 1 N–H and O–H groups in total. The second-order valence-corrected chi connectivity index (χ2v) is 6.84. The van der Waals surface area contributed by atoms with Gasteiger partial charge in [-0.2, -0.15) is 0 Å². The zero-order valence-electron chi connectivity index (χ0n) is 14.3. The number of nitrogens with one attached hydrogen (secondary N) is 1. The van der Waals surface area contributed by atoms with Gasteiger partial charge in [0.2, 0.25) is 0 Å². The minimum Gasteiger partial charge on any atom is -0.456 e. The molecule has 0 atom stereocenters. The summed E-state index contributed by atoms with van der Waals surface area (Å²) in [7, 11) is 0. The minimum absolute atomic E-state index is 0.0162. The third-order valence-electron chi connectivity index (χ3n) is 3.73. The summed E-state index contributed by atoms with van der Waals surface area (Å²) in [6.07, 6.45) is 1.23. The van der Waals surface area contributed by atoms with E-state index in [1.54, 1.807) is 36.4 Å². The lowest BCUT2D eigenvalue weighted by Crippen LogP contribution is -2.12. The SMILES string of the molecule is O=C(Nc1ccccc1)c1ccc(COC(=O)c2ncc(Cl)c(Cl)c2Cl)cc1. The maximum Gasteiger partial charge on any atom is 0.358 e. The quantitative estimate of drug-likeness (QED) is 0.526. The third kappa shape index (κ3) is 4.81. The molecule has 8 heteroatoms. The van der Waals surface area contributed by atoms with Gasteiger partial charge < -0.3 is 10.1 Å². The highest BCUT2D eigenvalue weighted by atomic mass is 35.5. The Morgan fingerprint density at radius 1 is 0.929 bits per heavy atom. The molecule has 0 saturated heterocycles. The van der Waals surface area contributed by atoms with Crippen LogP contribution in [0.25, 0.3) is 0 Å². The second kappa shape index (κ2) is 9.06. The smallest absolute Gasteiger partial charge is 0.358 e. The predicted octanol–water partition coefficient (Wildman–Crippen LogP) is 5.65. The highest BCUT2D eigenvalue weighted by molar-refractivity contribution is 6.48. The van der Waals surface area contributed by atoms with E-state index in [1.165, 1.54) is 6.20 Å². The summed E-state index contributed by atoms with van der Waals surface area (Å²) in [5.41, 5.74) is 1.76. The van der Waals surface area contributed by atoms with E-state index in [4.69, 9.17) is 39.5 Å². The third-order valence-corrected chi connectivity index (χ3v) is 4.97. The van der Waals surface area contributed by atoms with Crippen molar-refractivity contribution in [2.45, 2.75) is 6.61 Å². The van der Waals surface area contributed by atoms with Gasteiger partial charge in [0.15, 0.2) is 5.69 Å². The normalized spacial score (nSPS) is 10.4. The molecule has 1 aromatic heterocycles. The fraction of sp³-hybridized carbons (Fsp3) is 0.0500. The molecule has 0 aliphatic carbocycles. The number of ether oxygens (including phenoxy) is 1. The largest absolute Gasteiger partial charge is 0.456 e. The lowest BCUT2D eigenvalue weighted by atomic mass is 10.1. The number of aromatic nitrogens is 1. The number of carbonyl (C=O) groups is 2. The van der Waals surface area contributed by atoms with Gasteiger partial charge in [-0.1, -0.05) is 65.1 Å². The van der Waals surface area contributed by atoms with E-state index in [0.29, 0.717) is 16.8 Å². The molecule has 28 heavy (non-hydrogen) atoms. The lowest BCUT2D eigenvalue weighted by molar-refractivity contribution is 0.0465. The molecule has 1 heterocycles. The summed E-state index contributed by atoms with van der Waals surface area (Å²) < 4.78 is 5.20. The van der Waals surface area contributed by atoms with Crippen molar-refractivity contribution in [3.8, 4) is 0 Å². The Morgan fingerprint density at radius 3 is 2.29 bits per heavy atom. The van der Waals surface area contributed by atoms with Crippen LogP contribution in [0.15, 0.2) is 60.8 Å². The number of esters is 1. The van der Waals surface area contributed by atoms with Gasteiger partial charge in [-0.25, -0.2) is 9.78 Å². The van der Waals surface area contributed by atoms with Crippen LogP contribution >= 0.6 is 34.8 Å². The van der Waals surface area contributed by atoms with E-state index in [1.807, 2.05) is 18.2 Å². The van der Waals surface area contributed by atoms with E-state index in [0.717, 1.165) is 0 Å². The Balaban J connectivity index is 1.61. The van der Waals surface area contributed by atoms with Crippen LogP contribution in [0.5, 0.6) is 0 Å². The number of para-hydroxylation sites is 1. The van der Waals surface area contributed by atoms with Crippen molar-refractivity contribution >= 4 is 52.4 Å². The number of anilines is 1. The molecule has 1 amide bonds. The van der Waals surface area contributed by atoms with Crippen LogP contribution < -0.4 is 5.32 Å². The maximum atomic E-state index is 12.2. The highest BCUT2D eigenvalue weighted by Gasteiger charge is 2.18. The molecule has 5 nitrogen and oxygen atoms in total. The Kier molecular flexibility index (Phi) is 6.52. The molecule has 0 fully saturated rings. The molecule has 0 saturated carbocycles. The van der Waals surface area contributed by atoms with Gasteiger partial charge in [-0.3, -0.25) is 4.79 Å². The fourth-order valence-corrected chi connectivity index (χ4v) is 2.84. The van der Waals surface area contributed by atoms with Crippen molar-refractivity contribution in [1.29, 1.82) is 0 Å². The van der Waals surface area contributed by atoms with Crippen molar-refractivity contribution in [3.63, 3.8) is 0 Å². The summed E-state index contributed by atoms with van der Waals surface area (Å²) in [4.78, 5) is 28.2. The molecule has 3 rings (SSSR count). The first-order chi connectivity index (χ1) is 13.5. The number of hydrogen-bond acceptors (Lipinski definition) is 4. The molecule has 3 aromatic rings. The van der Waals surface area contributed by atoms with Crippen LogP contribution in [0.1, 0.15) is 26.4 Å². The van der Waals surface area contributed by atoms with Crippen molar-refractivity contribution in [3.05, 3.63) is 92.7 Å². The van der Waals surface area contributed by atoms with Crippen LogP contribution in [0.4, 0.5) is 5.69 Å². The molecular weight excluding hydrogens is 423 g/mol. The topological polar surface area (TPSA) is 68.3 Å². The number of rotatable bonds is 5. The molecule has 0 bridgehead atoms. The molecule has 0 radical (unpaired) electrons. The number of amides is 1. The molecular formula is C20H13Cl3N2O3. The first-order valence-corrected chi connectivity index (χ1v) is 9.21. The monoisotopic (exact) mass is 434 g/mol. The standard InChI is InChI=1S/C20H13Cl3N2O3/c21-15-10-24-18(17(23)16(15)22)20(27)28-11-12-6-8-13(9-7-12)19(26)25-14-4-2-1-3-5-14/h1-10H,11H2,(H,25,26). The number of hydrogen-bond donors (Lipinski definition) is 1. The molecule has 142 valence electrons. The Bertz CT molecular complexity index is 1010. The van der Waals surface area contributed by atoms with E-state index >= 15 is 0 Å². The van der Waals surface area contributed by atoms with Gasteiger partial charge in [-0.05, 0) is 29.8 Å². The molecule has 0 unspecified atom stereocenters. The number of halogens is 3. The second-order valence-electron chi connectivity index (χ2n) is 5.68. The number of benzene rings is 2. The molecule has 2 aromatic carbocycles. The number of carbonyl (C=O) groups excluding carboxylic acids is 2. The van der Waals surface area contributed by atoms with Gasteiger partial charge in [0.25, 0.3) is 5.91 Å². The Hall–Kier alpha value is -2.60. The lowest BCUT2D eigenvalue weighted by Gasteiger charge is -2.08. The number of pyridine rings is 1. The number of nitrogens with zero attached hydrogens (tertiary/aromatic N) is 1. The summed E-state index contributed by atoms with van der Waals surface area (Å²) in [5, 5.41) is 2.92. The summed E-state index contributed by atoms with van der Waals surface area (Å²) in [6.45, 7) is -0.0162. The van der Waals surface area contributed by atoms with E-state index in [9.17, 15) is 9.59 Å². The van der Waals surface area contributed by atoms with E-state index in [-0.39, 0.29) is 33.3 Å². The van der Waals surface area contributed by atoms with Crippen LogP contribution in [0.2, 0.25) is 15.1 Å². The van der Waals surface area contributed by atoms with Crippen LogP contribution in [0.3, 0.4) is 0 Å². The van der Waals surface area contributed by atoms with Crippen molar-refractivity contribution in [2.75, 3.05) is 5.32 Å². The Morgan fingerprint density at radius 2 is 1.61 bits per heavy atom. The minimum atomic E-state index is -0.727. The zero-order valence-corrected chi connectivity index (χ0v) is 16.6. The Labute approximate surface area is 176 Å². The average molecular weight is 436 g/mol. The van der Waals surface area contributed by atoms with Crippen LogP contribution in [-0.2, 0) is 11.3 Å². The highest BCUT2D eigenvalue weighted by Crippen LogP contribution is 2.31. The van der Waals surface area contributed by atoms with Crippen LogP contribution in [-0.4, -0.2) is 16.9 Å². The summed E-state index contributed by atoms with van der Waals surface area (Å²) in [5.74, 6) is -0.962. The molecule has 0 aliphatic heterocycles. The van der Waals surface area contributed by atoms with Gasteiger partial charge in [0.1, 0.15) is 6.61 Å². The summed E-state index contributed by atoms with van der Waals surface area (Å²) >= 11 is 17.7. The fourth-order valence-electron chi connectivity index (χ4n) is 2.28. The van der Waals surface area contributed by atoms with Crippen LogP contribution in [0, 0.1) is 0 Å². The van der Waals surface area contributed by atoms with Crippen molar-refractivity contribution in [1.82, 2.24) is 4.98 Å². The van der Waals surface area contributed by atoms with Crippen molar-refractivity contribution < 1.29 is 14.3 Å². The first kappa shape index (κ1) is 20.1. The van der Waals surface area contributed by atoms with Gasteiger partial charge in [-0.15, -0.1) is 0 Å². The molecule has 0 aliphatic rings. The van der Waals surface area contributed by atoms with E-state index < -0.39 is 5.97 Å². The van der Waals surface area contributed by atoms with Gasteiger partial charge >= 0.3 is 5.97 Å². The first-order valence-electron chi connectivity index (χ1n) is 8.07. The van der Waals surface area contributed by atoms with Gasteiger partial charge in [0.05, 0.1) is 15.1 Å². The maximum absolute atomic E-state index is 12.2. The van der Waals surface area contributed by atoms with E-state index in [2.05, 4.69) is 10.3 Å². The zero-order chi connectivity index (χ0) is 20.1. The average Bonchev–Trinajstić information content (AvgIpc) is 2.71. The van der Waals surface area contributed by atoms with Crippen molar-refractivity contribution in [2.24, 2.45) is 0 Å². The molecule has 0 spiro atoms. The summed E-state index contributed by atoms with van der Waals surface area (Å²) in [6, 6.07) is 15.8.